The Morgan fingerprint density at radius 3 is 2.06 bits per heavy atom. The number of carbonyl (C=O) groups excluding carboxylic acids is 2. The molecule has 0 N–H and O–H groups in total. The molecule has 1 aliphatic heterocycles. The minimum absolute atomic E-state index is 0.307. The van der Waals surface area contributed by atoms with E-state index in [1.807, 2.05) is 62.4 Å². The Morgan fingerprint density at radius 2 is 1.39 bits per heavy atom. The van der Waals surface area contributed by atoms with Crippen molar-refractivity contribution in [2.75, 3.05) is 30.1 Å². The fraction of sp³-hybridized carbons (Fsp3) is 0.185. The largest absolute Gasteiger partial charge is 0.494 e. The molecular formula is C27H26N2O4. The lowest BCUT2D eigenvalue weighted by atomic mass is 10.0. The zero-order chi connectivity index (χ0) is 23.4. The highest BCUT2D eigenvalue weighted by atomic mass is 16.5. The van der Waals surface area contributed by atoms with E-state index in [1.54, 1.807) is 42.3 Å². The van der Waals surface area contributed by atoms with Crippen molar-refractivity contribution >= 4 is 28.8 Å². The van der Waals surface area contributed by atoms with Crippen molar-refractivity contribution in [1.29, 1.82) is 0 Å². The second-order valence-electron chi connectivity index (χ2n) is 7.42. The van der Waals surface area contributed by atoms with E-state index in [-0.39, 0.29) is 0 Å². The van der Waals surface area contributed by atoms with Crippen LogP contribution in [0.5, 0.6) is 11.5 Å². The van der Waals surface area contributed by atoms with E-state index in [0.717, 1.165) is 5.69 Å². The summed E-state index contributed by atoms with van der Waals surface area (Å²) < 4.78 is 11.3. The van der Waals surface area contributed by atoms with E-state index in [9.17, 15) is 9.59 Å². The van der Waals surface area contributed by atoms with E-state index in [2.05, 4.69) is 0 Å². The predicted molar refractivity (Wildman–Crippen MR) is 129 cm³/mol. The van der Waals surface area contributed by atoms with E-state index < -0.39 is 11.8 Å². The third kappa shape index (κ3) is 4.20. The number of likely N-dealkylation sites (N-methyl/N-ethyl adjacent to an activating group) is 1. The fourth-order valence-corrected chi connectivity index (χ4v) is 3.89. The first-order valence-corrected chi connectivity index (χ1v) is 10.9. The van der Waals surface area contributed by atoms with Crippen LogP contribution in [-0.4, -0.2) is 32.1 Å². The summed E-state index contributed by atoms with van der Waals surface area (Å²) in [6.45, 7) is 4.74. The zero-order valence-corrected chi connectivity index (χ0v) is 18.9. The van der Waals surface area contributed by atoms with Gasteiger partial charge >= 0.3 is 0 Å². The van der Waals surface area contributed by atoms with Gasteiger partial charge in [0.1, 0.15) is 17.2 Å². The summed E-state index contributed by atoms with van der Waals surface area (Å²) in [7, 11) is 1.79. The molecule has 4 rings (SSSR count). The van der Waals surface area contributed by atoms with E-state index in [4.69, 9.17) is 9.47 Å². The van der Waals surface area contributed by atoms with E-state index >= 15 is 0 Å². The second-order valence-corrected chi connectivity index (χ2v) is 7.42. The van der Waals surface area contributed by atoms with Crippen molar-refractivity contribution in [1.82, 2.24) is 0 Å². The lowest BCUT2D eigenvalue weighted by Crippen LogP contribution is -2.34. The zero-order valence-electron chi connectivity index (χ0n) is 18.9. The first kappa shape index (κ1) is 22.1. The van der Waals surface area contributed by atoms with Gasteiger partial charge in [0, 0.05) is 12.7 Å². The van der Waals surface area contributed by atoms with Gasteiger partial charge in [0.05, 0.1) is 24.5 Å². The quantitative estimate of drug-likeness (QED) is 0.464. The Hall–Kier alpha value is -4.06. The number of carbonyl (C=O) groups is 2. The average molecular weight is 443 g/mol. The number of hydrogen-bond donors (Lipinski definition) is 0. The minimum atomic E-state index is -0.401. The summed E-state index contributed by atoms with van der Waals surface area (Å²) in [5.41, 5.74) is 2.51. The number of amides is 2. The highest BCUT2D eigenvalue weighted by Crippen LogP contribution is 2.39. The van der Waals surface area contributed by atoms with Crippen LogP contribution in [-0.2, 0) is 9.59 Å². The smallest absolute Gasteiger partial charge is 0.282 e. The van der Waals surface area contributed by atoms with Gasteiger partial charge in [0.25, 0.3) is 11.8 Å². The lowest BCUT2D eigenvalue weighted by molar-refractivity contribution is -0.120. The Morgan fingerprint density at radius 1 is 0.758 bits per heavy atom. The molecule has 0 aromatic heterocycles. The number of hydrogen-bond acceptors (Lipinski definition) is 5. The maximum atomic E-state index is 13.8. The number of ether oxygens (including phenoxy) is 2. The molecule has 1 heterocycles. The normalized spacial score (nSPS) is 13.5. The Kier molecular flexibility index (Phi) is 6.45. The second kappa shape index (κ2) is 9.61. The van der Waals surface area contributed by atoms with Crippen LogP contribution in [0.15, 0.2) is 84.6 Å². The molecule has 168 valence electrons. The van der Waals surface area contributed by atoms with E-state index in [0.29, 0.717) is 47.2 Å². The molecule has 0 fully saturated rings. The van der Waals surface area contributed by atoms with Crippen LogP contribution in [0.2, 0.25) is 0 Å². The fourth-order valence-electron chi connectivity index (χ4n) is 3.89. The molecule has 6 heteroatoms. The van der Waals surface area contributed by atoms with Gasteiger partial charge in [0.15, 0.2) is 0 Å². The van der Waals surface area contributed by atoms with Crippen LogP contribution < -0.4 is 19.3 Å². The van der Waals surface area contributed by atoms with Crippen molar-refractivity contribution in [3.63, 3.8) is 0 Å². The number of benzene rings is 3. The summed E-state index contributed by atoms with van der Waals surface area (Å²) in [5, 5.41) is 0. The summed E-state index contributed by atoms with van der Waals surface area (Å²) in [6, 6.07) is 23.8. The standard InChI is InChI=1S/C27H26N2O4/c1-4-32-21-17-15-19(16-18-21)24-25(28(3)20-11-7-6-8-12-20)27(31)29(26(24)30)22-13-9-10-14-23(22)33-5-2/h6-18H,4-5H2,1-3H3. The number of anilines is 2. The summed E-state index contributed by atoms with van der Waals surface area (Å²) in [6.07, 6.45) is 0. The van der Waals surface area contributed by atoms with Crippen molar-refractivity contribution < 1.29 is 19.1 Å². The van der Waals surface area contributed by atoms with Crippen LogP contribution in [0.25, 0.3) is 5.57 Å². The SMILES string of the molecule is CCOc1ccc(C2=C(N(C)c3ccccc3)C(=O)N(c3ccccc3OCC)C2=O)cc1. The molecule has 33 heavy (non-hydrogen) atoms. The van der Waals surface area contributed by atoms with Crippen LogP contribution in [0.1, 0.15) is 19.4 Å². The molecule has 0 unspecified atom stereocenters. The van der Waals surface area contributed by atoms with Gasteiger partial charge in [-0.2, -0.15) is 0 Å². The first-order chi connectivity index (χ1) is 16.1. The molecule has 0 spiro atoms. The average Bonchev–Trinajstić information content (AvgIpc) is 3.10. The number of para-hydroxylation sites is 3. The van der Waals surface area contributed by atoms with Crippen molar-refractivity contribution in [2.45, 2.75) is 13.8 Å². The highest BCUT2D eigenvalue weighted by Gasteiger charge is 2.43. The molecule has 6 nitrogen and oxygen atoms in total. The minimum Gasteiger partial charge on any atom is -0.494 e. The molecule has 0 atom stereocenters. The van der Waals surface area contributed by atoms with Gasteiger partial charge in [-0.3, -0.25) is 9.59 Å². The van der Waals surface area contributed by atoms with Gasteiger partial charge in [-0.15, -0.1) is 0 Å². The summed E-state index contributed by atoms with van der Waals surface area (Å²) in [5.74, 6) is 0.392. The Bertz CT molecular complexity index is 1190. The molecule has 0 radical (unpaired) electrons. The highest BCUT2D eigenvalue weighted by molar-refractivity contribution is 6.46. The Labute approximate surface area is 193 Å². The molecule has 3 aromatic rings. The van der Waals surface area contributed by atoms with Crippen molar-refractivity contribution in [2.24, 2.45) is 0 Å². The maximum Gasteiger partial charge on any atom is 0.282 e. The molecular weight excluding hydrogens is 416 g/mol. The molecule has 0 bridgehead atoms. The summed E-state index contributed by atoms with van der Waals surface area (Å²) >= 11 is 0. The molecule has 0 saturated heterocycles. The lowest BCUT2D eigenvalue weighted by Gasteiger charge is -2.22. The number of nitrogens with zero attached hydrogens (tertiary/aromatic N) is 2. The predicted octanol–water partition coefficient (Wildman–Crippen LogP) is 4.90. The maximum absolute atomic E-state index is 13.8. The number of imide groups is 1. The summed E-state index contributed by atoms with van der Waals surface area (Å²) in [4.78, 5) is 30.5. The molecule has 0 aliphatic carbocycles. The van der Waals surface area contributed by atoms with Gasteiger partial charge in [-0.25, -0.2) is 4.90 Å². The van der Waals surface area contributed by atoms with Crippen molar-refractivity contribution in [3.05, 3.63) is 90.1 Å². The van der Waals surface area contributed by atoms with Gasteiger partial charge < -0.3 is 14.4 Å². The molecule has 1 aliphatic rings. The van der Waals surface area contributed by atoms with Crippen LogP contribution in [0.4, 0.5) is 11.4 Å². The first-order valence-electron chi connectivity index (χ1n) is 10.9. The molecule has 2 amide bonds. The molecule has 0 saturated carbocycles. The number of rotatable bonds is 8. The topological polar surface area (TPSA) is 59.1 Å². The Balaban J connectivity index is 1.85. The van der Waals surface area contributed by atoms with Crippen molar-refractivity contribution in [3.8, 4) is 11.5 Å². The van der Waals surface area contributed by atoms with Gasteiger partial charge in [0.2, 0.25) is 0 Å². The van der Waals surface area contributed by atoms with Crippen LogP contribution >= 0.6 is 0 Å². The third-order valence-electron chi connectivity index (χ3n) is 5.40. The van der Waals surface area contributed by atoms with Gasteiger partial charge in [-0.05, 0) is 55.8 Å². The van der Waals surface area contributed by atoms with Crippen LogP contribution in [0, 0.1) is 0 Å². The van der Waals surface area contributed by atoms with Crippen LogP contribution in [0.3, 0.4) is 0 Å². The van der Waals surface area contributed by atoms with Gasteiger partial charge in [-0.1, -0.05) is 42.5 Å². The van der Waals surface area contributed by atoms with E-state index in [1.165, 1.54) is 4.90 Å². The molecule has 3 aromatic carbocycles. The third-order valence-corrected chi connectivity index (χ3v) is 5.40. The monoisotopic (exact) mass is 442 g/mol.